The molecule has 1 aliphatic carbocycles. The topological polar surface area (TPSA) is 84.9 Å². The van der Waals surface area contributed by atoms with Crippen LogP contribution in [0.15, 0.2) is 12.1 Å². The van der Waals surface area contributed by atoms with Crippen molar-refractivity contribution >= 4 is 21.6 Å². The fourth-order valence-electron chi connectivity index (χ4n) is 3.00. The maximum Gasteiger partial charge on any atom is 0.253 e. The normalized spacial score (nSPS) is 15.5. The monoisotopic (exact) mass is 370 g/mol. The highest BCUT2D eigenvalue weighted by atomic mass is 32.2. The van der Waals surface area contributed by atoms with E-state index < -0.39 is 10.0 Å². The fourth-order valence-corrected chi connectivity index (χ4v) is 3.51. The van der Waals surface area contributed by atoms with Gasteiger partial charge in [-0.1, -0.05) is 19.3 Å². The second kappa shape index (κ2) is 7.95. The molecule has 1 aromatic rings. The van der Waals surface area contributed by atoms with Gasteiger partial charge in [-0.3, -0.25) is 9.10 Å². The first-order valence-corrected chi connectivity index (χ1v) is 10.1. The van der Waals surface area contributed by atoms with E-state index in [0.717, 1.165) is 36.2 Å². The smallest absolute Gasteiger partial charge is 0.253 e. The van der Waals surface area contributed by atoms with Gasteiger partial charge in [0.15, 0.2) is 11.5 Å². The number of anilines is 1. The number of amides is 1. The van der Waals surface area contributed by atoms with Gasteiger partial charge in [0.2, 0.25) is 10.0 Å². The Labute approximate surface area is 149 Å². The van der Waals surface area contributed by atoms with Crippen LogP contribution in [0.25, 0.3) is 0 Å². The van der Waals surface area contributed by atoms with Crippen molar-refractivity contribution in [3.8, 4) is 11.5 Å². The average Bonchev–Trinajstić information content (AvgIpc) is 2.59. The van der Waals surface area contributed by atoms with Crippen molar-refractivity contribution in [2.24, 2.45) is 0 Å². The quantitative estimate of drug-likeness (QED) is 0.829. The first kappa shape index (κ1) is 19.4. The molecular weight excluding hydrogens is 344 g/mol. The van der Waals surface area contributed by atoms with E-state index in [2.05, 4.69) is 5.32 Å². The summed E-state index contributed by atoms with van der Waals surface area (Å²) in [5.74, 6) is 0.433. The molecule has 1 N–H and O–H groups in total. The molecule has 140 valence electrons. The number of carbonyl (C=O) groups excluding carboxylic acids is 1. The third-order valence-electron chi connectivity index (χ3n) is 4.52. The second-order valence-electron chi connectivity index (χ2n) is 6.26. The Balaban J connectivity index is 2.43. The van der Waals surface area contributed by atoms with Crippen LogP contribution in [0.5, 0.6) is 11.5 Å². The van der Waals surface area contributed by atoms with Gasteiger partial charge in [0, 0.05) is 19.2 Å². The number of nitrogens with one attached hydrogen (secondary N) is 1. The number of hydrogen-bond donors (Lipinski definition) is 1. The molecule has 7 nitrogen and oxygen atoms in total. The van der Waals surface area contributed by atoms with Crippen LogP contribution in [0.3, 0.4) is 0 Å². The molecular formula is C17H26N2O5S. The van der Waals surface area contributed by atoms with Gasteiger partial charge in [-0.2, -0.15) is 0 Å². The molecule has 0 saturated heterocycles. The number of hydrogen-bond acceptors (Lipinski definition) is 5. The number of nitrogens with zero attached hydrogens (tertiary/aromatic N) is 1. The zero-order valence-electron chi connectivity index (χ0n) is 15.2. The number of carbonyl (C=O) groups is 1. The Bertz CT molecular complexity index is 727. The largest absolute Gasteiger partial charge is 0.493 e. The van der Waals surface area contributed by atoms with Gasteiger partial charge in [-0.05, 0) is 18.9 Å². The van der Waals surface area contributed by atoms with Crippen molar-refractivity contribution in [3.05, 3.63) is 17.7 Å². The lowest BCUT2D eigenvalue weighted by atomic mass is 9.95. The minimum Gasteiger partial charge on any atom is -0.493 e. The molecule has 0 unspecified atom stereocenters. The molecule has 0 radical (unpaired) electrons. The highest BCUT2D eigenvalue weighted by molar-refractivity contribution is 7.92. The third kappa shape index (κ3) is 4.56. The minimum atomic E-state index is -3.53. The van der Waals surface area contributed by atoms with Crippen LogP contribution in [0, 0.1) is 0 Å². The van der Waals surface area contributed by atoms with E-state index in [0.29, 0.717) is 11.5 Å². The Kier molecular flexibility index (Phi) is 6.16. The fraction of sp³-hybridized carbons (Fsp3) is 0.588. The summed E-state index contributed by atoms with van der Waals surface area (Å²) in [6, 6.07) is 3.15. The Morgan fingerprint density at radius 3 is 2.20 bits per heavy atom. The summed E-state index contributed by atoms with van der Waals surface area (Å²) < 4.78 is 35.5. The van der Waals surface area contributed by atoms with Gasteiger partial charge in [-0.25, -0.2) is 8.42 Å². The summed E-state index contributed by atoms with van der Waals surface area (Å²) in [5.41, 5.74) is 0.504. The molecule has 0 aliphatic heterocycles. The predicted octanol–water partition coefficient (Wildman–Crippen LogP) is 2.16. The van der Waals surface area contributed by atoms with Gasteiger partial charge in [0.05, 0.1) is 31.7 Å². The summed E-state index contributed by atoms with van der Waals surface area (Å²) in [4.78, 5) is 12.8. The van der Waals surface area contributed by atoms with Gasteiger partial charge < -0.3 is 14.8 Å². The molecule has 0 aromatic heterocycles. The maximum absolute atomic E-state index is 12.8. The molecule has 8 heteroatoms. The molecule has 1 amide bonds. The van der Waals surface area contributed by atoms with Crippen LogP contribution in [-0.2, 0) is 10.0 Å². The van der Waals surface area contributed by atoms with Crippen molar-refractivity contribution in [2.75, 3.05) is 31.8 Å². The van der Waals surface area contributed by atoms with Crippen molar-refractivity contribution in [1.29, 1.82) is 0 Å². The molecule has 0 atom stereocenters. The van der Waals surface area contributed by atoms with Crippen LogP contribution in [-0.4, -0.2) is 47.9 Å². The van der Waals surface area contributed by atoms with Crippen LogP contribution in [0.2, 0.25) is 0 Å². The molecule has 1 saturated carbocycles. The number of methoxy groups -OCH3 is 2. The van der Waals surface area contributed by atoms with Gasteiger partial charge in [-0.15, -0.1) is 0 Å². The molecule has 0 spiro atoms. The summed E-state index contributed by atoms with van der Waals surface area (Å²) in [6.45, 7) is 0. The molecule has 2 rings (SSSR count). The lowest BCUT2D eigenvalue weighted by Crippen LogP contribution is -2.37. The number of ether oxygens (including phenoxy) is 2. The predicted molar refractivity (Wildman–Crippen MR) is 97.1 cm³/mol. The zero-order valence-corrected chi connectivity index (χ0v) is 16.0. The van der Waals surface area contributed by atoms with Gasteiger partial charge >= 0.3 is 0 Å². The minimum absolute atomic E-state index is 0.116. The van der Waals surface area contributed by atoms with E-state index in [1.54, 1.807) is 0 Å². The van der Waals surface area contributed by atoms with Crippen LogP contribution in [0.1, 0.15) is 42.5 Å². The van der Waals surface area contributed by atoms with Crippen LogP contribution >= 0.6 is 0 Å². The maximum atomic E-state index is 12.8. The lowest BCUT2D eigenvalue weighted by Gasteiger charge is -2.25. The van der Waals surface area contributed by atoms with E-state index in [4.69, 9.17) is 9.47 Å². The average molecular weight is 370 g/mol. The highest BCUT2D eigenvalue weighted by Gasteiger charge is 2.25. The van der Waals surface area contributed by atoms with Crippen LogP contribution < -0.4 is 19.1 Å². The highest BCUT2D eigenvalue weighted by Crippen LogP contribution is 2.35. The van der Waals surface area contributed by atoms with E-state index in [1.807, 2.05) is 0 Å². The van der Waals surface area contributed by atoms with E-state index >= 15 is 0 Å². The first-order chi connectivity index (χ1) is 11.8. The summed E-state index contributed by atoms with van der Waals surface area (Å²) in [5, 5.41) is 3.01. The molecule has 1 fully saturated rings. The van der Waals surface area contributed by atoms with E-state index in [1.165, 1.54) is 39.8 Å². The van der Waals surface area contributed by atoms with E-state index in [9.17, 15) is 13.2 Å². The van der Waals surface area contributed by atoms with Crippen molar-refractivity contribution in [2.45, 2.75) is 38.1 Å². The lowest BCUT2D eigenvalue weighted by molar-refractivity contribution is 0.0928. The zero-order chi connectivity index (χ0) is 18.6. The van der Waals surface area contributed by atoms with Crippen molar-refractivity contribution < 1.29 is 22.7 Å². The Hall–Kier alpha value is -1.96. The van der Waals surface area contributed by atoms with Crippen molar-refractivity contribution in [1.82, 2.24) is 5.32 Å². The SMILES string of the molecule is COc1cc(C(=O)NC2CCCCC2)c(N(C)S(C)(=O)=O)cc1OC. The molecule has 0 bridgehead atoms. The van der Waals surface area contributed by atoms with Gasteiger partial charge in [0.25, 0.3) is 5.91 Å². The summed E-state index contributed by atoms with van der Waals surface area (Å²) in [7, 11) is 0.813. The summed E-state index contributed by atoms with van der Waals surface area (Å²) >= 11 is 0. The standard InChI is InChI=1S/C17H26N2O5S/c1-19(25(4,21)22)14-11-16(24-3)15(23-2)10-13(14)17(20)18-12-8-6-5-7-9-12/h10-12H,5-9H2,1-4H3,(H,18,20). The third-order valence-corrected chi connectivity index (χ3v) is 5.72. The number of sulfonamides is 1. The molecule has 1 aromatic carbocycles. The van der Waals surface area contributed by atoms with Gasteiger partial charge in [0.1, 0.15) is 0 Å². The number of rotatable bonds is 6. The molecule has 25 heavy (non-hydrogen) atoms. The first-order valence-electron chi connectivity index (χ1n) is 8.28. The Morgan fingerprint density at radius 1 is 1.12 bits per heavy atom. The van der Waals surface area contributed by atoms with Crippen molar-refractivity contribution in [3.63, 3.8) is 0 Å². The second-order valence-corrected chi connectivity index (χ2v) is 8.28. The van der Waals surface area contributed by atoms with Crippen LogP contribution in [0.4, 0.5) is 5.69 Å². The molecule has 1 aliphatic rings. The molecule has 0 heterocycles. The Morgan fingerprint density at radius 2 is 1.68 bits per heavy atom. The van der Waals surface area contributed by atoms with E-state index in [-0.39, 0.29) is 23.2 Å². The number of benzene rings is 1. The summed E-state index contributed by atoms with van der Waals surface area (Å²) in [6.07, 6.45) is 6.34.